The van der Waals surface area contributed by atoms with Crippen LogP contribution in [0.25, 0.3) is 11.4 Å². The van der Waals surface area contributed by atoms with Gasteiger partial charge in [-0.05, 0) is 24.6 Å². The first-order valence-electron chi connectivity index (χ1n) is 7.41. The molecule has 2 heterocycles. The molecule has 0 aliphatic carbocycles. The minimum absolute atomic E-state index is 0.202. The van der Waals surface area contributed by atoms with Crippen LogP contribution in [-0.4, -0.2) is 20.9 Å². The van der Waals surface area contributed by atoms with E-state index in [0.29, 0.717) is 39.9 Å². The molecule has 1 amide bonds. The molecular formula is C17H15ClN4O2. The van der Waals surface area contributed by atoms with Crippen LogP contribution in [0.15, 0.2) is 47.4 Å². The van der Waals surface area contributed by atoms with E-state index < -0.39 is 0 Å². The van der Waals surface area contributed by atoms with Gasteiger partial charge >= 0.3 is 0 Å². The lowest BCUT2D eigenvalue weighted by Gasteiger charge is -2.07. The van der Waals surface area contributed by atoms with Crippen molar-refractivity contribution in [1.82, 2.24) is 15.0 Å². The van der Waals surface area contributed by atoms with Crippen LogP contribution in [-0.2, 0) is 6.42 Å². The minimum atomic E-state index is -0.303. The molecule has 2 aromatic heterocycles. The molecule has 0 fully saturated rings. The van der Waals surface area contributed by atoms with Gasteiger partial charge in [0.2, 0.25) is 0 Å². The van der Waals surface area contributed by atoms with E-state index in [1.165, 1.54) is 12.3 Å². The van der Waals surface area contributed by atoms with Gasteiger partial charge in [-0.3, -0.25) is 9.59 Å². The summed E-state index contributed by atoms with van der Waals surface area (Å²) in [6, 6.07) is 10.1. The predicted octanol–water partition coefficient (Wildman–Crippen LogP) is 3.23. The second kappa shape index (κ2) is 6.72. The maximum Gasteiger partial charge on any atom is 0.272 e. The van der Waals surface area contributed by atoms with Gasteiger partial charge < -0.3 is 15.3 Å². The zero-order valence-corrected chi connectivity index (χ0v) is 13.6. The van der Waals surface area contributed by atoms with E-state index in [1.54, 1.807) is 24.3 Å². The van der Waals surface area contributed by atoms with E-state index in [0.717, 1.165) is 0 Å². The number of benzene rings is 1. The molecule has 3 aromatic rings. The number of H-pyrrole nitrogens is 2. The highest BCUT2D eigenvalue weighted by Crippen LogP contribution is 2.20. The highest BCUT2D eigenvalue weighted by Gasteiger charge is 2.10. The molecular weight excluding hydrogens is 328 g/mol. The zero-order chi connectivity index (χ0) is 17.1. The summed E-state index contributed by atoms with van der Waals surface area (Å²) in [7, 11) is 0. The van der Waals surface area contributed by atoms with Gasteiger partial charge in [0, 0.05) is 29.2 Å². The molecule has 3 N–H and O–H groups in total. The van der Waals surface area contributed by atoms with Crippen LogP contribution in [0.3, 0.4) is 0 Å². The predicted molar refractivity (Wildman–Crippen MR) is 93.4 cm³/mol. The Labute approximate surface area is 142 Å². The smallest absolute Gasteiger partial charge is 0.272 e. The van der Waals surface area contributed by atoms with Gasteiger partial charge in [0.25, 0.3) is 11.5 Å². The molecule has 0 spiro atoms. The van der Waals surface area contributed by atoms with Crippen molar-refractivity contribution in [1.29, 1.82) is 0 Å². The molecule has 7 heteroatoms. The van der Waals surface area contributed by atoms with E-state index >= 15 is 0 Å². The Morgan fingerprint density at radius 1 is 1.29 bits per heavy atom. The second-order valence-corrected chi connectivity index (χ2v) is 5.64. The number of aryl methyl sites for hydroxylation is 1. The summed E-state index contributed by atoms with van der Waals surface area (Å²) < 4.78 is 0. The number of hydrogen-bond donors (Lipinski definition) is 3. The van der Waals surface area contributed by atoms with E-state index in [4.69, 9.17) is 11.6 Å². The van der Waals surface area contributed by atoms with Crippen LogP contribution in [0.2, 0.25) is 5.02 Å². The molecule has 6 nitrogen and oxygen atoms in total. The quantitative estimate of drug-likeness (QED) is 0.679. The number of carbonyl (C=O) groups is 1. The largest absolute Gasteiger partial charge is 0.356 e. The molecule has 122 valence electrons. The fourth-order valence-corrected chi connectivity index (χ4v) is 2.43. The topological polar surface area (TPSA) is 90.6 Å². The number of rotatable bonds is 4. The molecule has 0 radical (unpaired) electrons. The second-order valence-electron chi connectivity index (χ2n) is 5.21. The van der Waals surface area contributed by atoms with Crippen LogP contribution in [0, 0.1) is 0 Å². The summed E-state index contributed by atoms with van der Waals surface area (Å²) in [4.78, 5) is 33.8. The standard InChI is InChI=1S/C17H15ClN4O2/c1-2-12-8-15(23)22-16(20-12)10-4-3-5-13(6-10)21-17(24)14-7-11(18)9-19-14/h3-9,19H,2H2,1H3,(H,21,24)(H,20,22,23). The summed E-state index contributed by atoms with van der Waals surface area (Å²) >= 11 is 5.80. The molecule has 0 saturated heterocycles. The molecule has 0 aliphatic rings. The average Bonchev–Trinajstić information content (AvgIpc) is 3.01. The fourth-order valence-electron chi connectivity index (χ4n) is 2.27. The van der Waals surface area contributed by atoms with E-state index in [1.807, 2.05) is 13.0 Å². The number of amides is 1. The third kappa shape index (κ3) is 3.55. The van der Waals surface area contributed by atoms with Crippen LogP contribution >= 0.6 is 11.6 Å². The van der Waals surface area contributed by atoms with Gasteiger partial charge in [-0.15, -0.1) is 0 Å². The van der Waals surface area contributed by atoms with Crippen molar-refractivity contribution < 1.29 is 4.79 Å². The Hall–Kier alpha value is -2.86. The molecule has 0 aliphatic heterocycles. The van der Waals surface area contributed by atoms with Gasteiger partial charge in [-0.25, -0.2) is 4.98 Å². The minimum Gasteiger partial charge on any atom is -0.356 e. The summed E-state index contributed by atoms with van der Waals surface area (Å²) in [5.74, 6) is 0.168. The van der Waals surface area contributed by atoms with Gasteiger partial charge in [-0.2, -0.15) is 0 Å². The first kappa shape index (κ1) is 16.0. The number of halogens is 1. The number of carbonyl (C=O) groups excluding carboxylic acids is 1. The maximum atomic E-state index is 12.2. The number of nitrogens with zero attached hydrogens (tertiary/aromatic N) is 1. The summed E-state index contributed by atoms with van der Waals surface area (Å²) in [6.07, 6.45) is 2.21. The van der Waals surface area contributed by atoms with Gasteiger partial charge in [-0.1, -0.05) is 30.7 Å². The van der Waals surface area contributed by atoms with Crippen LogP contribution in [0.5, 0.6) is 0 Å². The fraction of sp³-hybridized carbons (Fsp3) is 0.118. The third-order valence-electron chi connectivity index (χ3n) is 3.44. The zero-order valence-electron chi connectivity index (χ0n) is 12.9. The number of anilines is 1. The van der Waals surface area contributed by atoms with Crippen molar-refractivity contribution in [3.63, 3.8) is 0 Å². The maximum absolute atomic E-state index is 12.2. The number of aromatic nitrogens is 3. The Morgan fingerprint density at radius 3 is 2.83 bits per heavy atom. The first-order chi connectivity index (χ1) is 11.5. The van der Waals surface area contributed by atoms with Crippen LogP contribution in [0.1, 0.15) is 23.1 Å². The van der Waals surface area contributed by atoms with Crippen molar-refractivity contribution in [2.45, 2.75) is 13.3 Å². The van der Waals surface area contributed by atoms with Gasteiger partial charge in [0.05, 0.1) is 5.02 Å². The van der Waals surface area contributed by atoms with E-state index in [2.05, 4.69) is 20.3 Å². The average molecular weight is 343 g/mol. The highest BCUT2D eigenvalue weighted by atomic mass is 35.5. The molecule has 1 aromatic carbocycles. The first-order valence-corrected chi connectivity index (χ1v) is 7.79. The number of hydrogen-bond acceptors (Lipinski definition) is 3. The molecule has 0 unspecified atom stereocenters. The lowest BCUT2D eigenvalue weighted by atomic mass is 10.1. The SMILES string of the molecule is CCc1cc(=O)[nH]c(-c2cccc(NC(=O)c3cc(Cl)c[nH]3)c2)n1. The molecule has 3 rings (SSSR count). The lowest BCUT2D eigenvalue weighted by Crippen LogP contribution is -2.12. The van der Waals surface area contributed by atoms with Crippen molar-refractivity contribution >= 4 is 23.2 Å². The van der Waals surface area contributed by atoms with Crippen molar-refractivity contribution in [2.75, 3.05) is 5.32 Å². The summed E-state index contributed by atoms with van der Waals surface area (Å²) in [6.45, 7) is 1.93. The molecule has 0 saturated carbocycles. The van der Waals surface area contributed by atoms with Gasteiger partial charge in [0.15, 0.2) is 0 Å². The summed E-state index contributed by atoms with van der Waals surface area (Å²) in [5.41, 5.74) is 2.18. The molecule has 0 bridgehead atoms. The number of aromatic amines is 2. The van der Waals surface area contributed by atoms with Crippen molar-refractivity contribution in [2.24, 2.45) is 0 Å². The van der Waals surface area contributed by atoms with Crippen LogP contribution in [0.4, 0.5) is 5.69 Å². The number of nitrogens with one attached hydrogen (secondary N) is 3. The van der Waals surface area contributed by atoms with E-state index in [9.17, 15) is 9.59 Å². The summed E-state index contributed by atoms with van der Waals surface area (Å²) in [5, 5.41) is 3.24. The Balaban J connectivity index is 1.88. The molecule has 0 atom stereocenters. The Bertz CT molecular complexity index is 946. The Kier molecular flexibility index (Phi) is 4.48. The van der Waals surface area contributed by atoms with Crippen molar-refractivity contribution in [3.05, 3.63) is 69.4 Å². The van der Waals surface area contributed by atoms with Gasteiger partial charge in [0.1, 0.15) is 11.5 Å². The lowest BCUT2D eigenvalue weighted by molar-refractivity contribution is 0.102. The van der Waals surface area contributed by atoms with Crippen LogP contribution < -0.4 is 10.9 Å². The molecule has 24 heavy (non-hydrogen) atoms. The third-order valence-corrected chi connectivity index (χ3v) is 3.66. The monoisotopic (exact) mass is 342 g/mol. The highest BCUT2D eigenvalue weighted by molar-refractivity contribution is 6.31. The normalized spacial score (nSPS) is 10.6. The van der Waals surface area contributed by atoms with E-state index in [-0.39, 0.29) is 11.5 Å². The Morgan fingerprint density at radius 2 is 2.12 bits per heavy atom. The van der Waals surface area contributed by atoms with Crippen molar-refractivity contribution in [3.8, 4) is 11.4 Å².